The highest BCUT2D eigenvalue weighted by molar-refractivity contribution is 5.62. The molecule has 0 aliphatic rings. The van der Waals surface area contributed by atoms with Gasteiger partial charge >= 0.3 is 0 Å². The van der Waals surface area contributed by atoms with Crippen LogP contribution in [-0.2, 0) is 0 Å². The molecule has 0 heterocycles. The first kappa shape index (κ1) is 7.11. The Morgan fingerprint density at radius 3 is 2.42 bits per heavy atom. The molecule has 55 valence electrons. The van der Waals surface area contributed by atoms with Gasteiger partial charge in [-0.3, -0.25) is 0 Å². The quantitative estimate of drug-likeness (QED) is 0.588. The van der Waals surface area contributed by atoms with Gasteiger partial charge in [-0.25, -0.2) is 0 Å². The van der Waals surface area contributed by atoms with E-state index in [0.29, 0.717) is 0 Å². The first-order valence-corrected chi connectivity index (χ1v) is 3.81. The molecular formula is C12H7. The lowest BCUT2D eigenvalue weighted by Gasteiger charge is -1.97. The van der Waals surface area contributed by atoms with Crippen molar-refractivity contribution in [2.24, 2.45) is 0 Å². The van der Waals surface area contributed by atoms with E-state index in [1.165, 1.54) is 5.56 Å². The molecule has 0 amide bonds. The molecule has 0 nitrogen and oxygen atoms in total. The van der Waals surface area contributed by atoms with Crippen molar-refractivity contribution in [3.8, 4) is 11.1 Å². The van der Waals surface area contributed by atoms with Gasteiger partial charge in [-0.2, -0.15) is 0 Å². The average Bonchev–Trinajstić information content (AvgIpc) is 2.21. The van der Waals surface area contributed by atoms with E-state index < -0.39 is 0 Å². The minimum absolute atomic E-state index is 1.16. The van der Waals surface area contributed by atoms with Gasteiger partial charge in [0.25, 0.3) is 0 Å². The molecule has 0 atom stereocenters. The molecule has 0 aliphatic carbocycles. The van der Waals surface area contributed by atoms with Gasteiger partial charge in [0, 0.05) is 0 Å². The van der Waals surface area contributed by atoms with Crippen LogP contribution in [0.4, 0.5) is 0 Å². The Morgan fingerprint density at radius 1 is 0.833 bits per heavy atom. The highest BCUT2D eigenvalue weighted by atomic mass is 14.0. The second-order valence-corrected chi connectivity index (χ2v) is 2.51. The fourth-order valence-electron chi connectivity index (χ4n) is 1.10. The van der Waals surface area contributed by atoms with E-state index in [4.69, 9.17) is 0 Å². The number of rotatable bonds is 1. The second-order valence-electron chi connectivity index (χ2n) is 2.51. The zero-order valence-electron chi connectivity index (χ0n) is 6.54. The summed E-state index contributed by atoms with van der Waals surface area (Å²) >= 11 is 0. The van der Waals surface area contributed by atoms with E-state index in [9.17, 15) is 0 Å². The Balaban J connectivity index is 2.46. The van der Waals surface area contributed by atoms with Crippen LogP contribution in [0, 0.1) is 18.2 Å². The maximum absolute atomic E-state index is 3.04. The zero-order chi connectivity index (χ0) is 8.23. The first-order valence-electron chi connectivity index (χ1n) is 3.81. The van der Waals surface area contributed by atoms with Crippen LogP contribution in [0.5, 0.6) is 0 Å². The van der Waals surface area contributed by atoms with Gasteiger partial charge in [-0.1, -0.05) is 30.3 Å². The van der Waals surface area contributed by atoms with Crippen LogP contribution < -0.4 is 0 Å². The predicted molar refractivity (Wildman–Crippen MR) is 48.4 cm³/mol. The maximum atomic E-state index is 3.04. The maximum Gasteiger partial charge on any atom is -0.00926 e. The predicted octanol–water partition coefficient (Wildman–Crippen LogP) is 2.75. The number of hydrogen-bond donors (Lipinski definition) is 0. The van der Waals surface area contributed by atoms with Crippen molar-refractivity contribution in [2.45, 2.75) is 0 Å². The molecule has 0 unspecified atom stereocenters. The van der Waals surface area contributed by atoms with Crippen molar-refractivity contribution in [3.63, 3.8) is 0 Å². The molecule has 0 saturated heterocycles. The molecule has 0 aliphatic heterocycles. The highest BCUT2D eigenvalue weighted by Crippen LogP contribution is 2.16. The Morgan fingerprint density at radius 2 is 1.75 bits per heavy atom. The van der Waals surface area contributed by atoms with Crippen molar-refractivity contribution >= 4 is 0 Å². The molecule has 0 heteroatoms. The molecule has 0 fully saturated rings. The topological polar surface area (TPSA) is 0 Å². The van der Waals surface area contributed by atoms with Crippen molar-refractivity contribution in [1.29, 1.82) is 0 Å². The monoisotopic (exact) mass is 151 g/mol. The summed E-state index contributed by atoms with van der Waals surface area (Å²) in [4.78, 5) is 0. The summed E-state index contributed by atoms with van der Waals surface area (Å²) in [5, 5.41) is 0. The van der Waals surface area contributed by atoms with Crippen LogP contribution in [0.3, 0.4) is 0 Å². The van der Waals surface area contributed by atoms with Crippen molar-refractivity contribution in [1.82, 2.24) is 0 Å². The SMILES string of the molecule is [c]1[c]cc(-c2c[c]ccc2)cc1. The lowest BCUT2D eigenvalue weighted by molar-refractivity contribution is 1.60. The molecule has 0 saturated carbocycles. The molecular weight excluding hydrogens is 144 g/mol. The summed E-state index contributed by atoms with van der Waals surface area (Å²) in [6.07, 6.45) is 0. The third-order valence-electron chi connectivity index (χ3n) is 1.70. The first-order chi connectivity index (χ1) is 5.97. The summed E-state index contributed by atoms with van der Waals surface area (Å²) in [5.41, 5.74) is 2.33. The minimum atomic E-state index is 1.16. The van der Waals surface area contributed by atoms with E-state index in [-0.39, 0.29) is 0 Å². The van der Waals surface area contributed by atoms with Gasteiger partial charge < -0.3 is 0 Å². The Hall–Kier alpha value is -1.56. The lowest BCUT2D eigenvalue weighted by Crippen LogP contribution is -1.74. The van der Waals surface area contributed by atoms with Gasteiger partial charge in [-0.05, 0) is 41.5 Å². The fraction of sp³-hybridized carbons (Fsp3) is 0. The fourth-order valence-corrected chi connectivity index (χ4v) is 1.10. The molecule has 0 aromatic heterocycles. The molecule has 2 aromatic rings. The Bertz CT molecular complexity index is 297. The summed E-state index contributed by atoms with van der Waals surface area (Å²) < 4.78 is 0. The molecule has 2 aromatic carbocycles. The minimum Gasteiger partial charge on any atom is -0.0610 e. The highest BCUT2D eigenvalue weighted by Gasteiger charge is 1.92. The molecule has 3 radical (unpaired) electrons. The van der Waals surface area contributed by atoms with Gasteiger partial charge in [0.2, 0.25) is 0 Å². The molecule has 12 heavy (non-hydrogen) atoms. The lowest BCUT2D eigenvalue weighted by atomic mass is 10.1. The van der Waals surface area contributed by atoms with Gasteiger partial charge in [-0.15, -0.1) is 0 Å². The molecule has 0 spiro atoms. The van der Waals surface area contributed by atoms with Gasteiger partial charge in [0.1, 0.15) is 0 Å². The van der Waals surface area contributed by atoms with E-state index in [2.05, 4.69) is 24.3 Å². The number of hydrogen-bond acceptors (Lipinski definition) is 0. The third-order valence-corrected chi connectivity index (χ3v) is 1.70. The smallest absolute Gasteiger partial charge is 0.00926 e. The summed E-state index contributed by atoms with van der Waals surface area (Å²) in [6.45, 7) is 0. The van der Waals surface area contributed by atoms with Crippen LogP contribution >= 0.6 is 0 Å². The van der Waals surface area contributed by atoms with E-state index in [0.717, 1.165) is 5.56 Å². The second kappa shape index (κ2) is 3.22. The van der Waals surface area contributed by atoms with Gasteiger partial charge in [0.15, 0.2) is 0 Å². The summed E-state index contributed by atoms with van der Waals surface area (Å²) in [6, 6.07) is 22.5. The Kier molecular flexibility index (Phi) is 1.91. The van der Waals surface area contributed by atoms with Crippen LogP contribution in [0.1, 0.15) is 0 Å². The van der Waals surface area contributed by atoms with E-state index in [1.54, 1.807) is 0 Å². The molecule has 2 rings (SSSR count). The van der Waals surface area contributed by atoms with Crippen LogP contribution in [0.15, 0.2) is 42.5 Å². The third kappa shape index (κ3) is 1.37. The Labute approximate surface area is 72.5 Å². The standard InChI is InChI=1S/C12H7/c1-3-7-11(8-4-1)12-9-5-2-6-10-12/h1,3,5,7-10H. The van der Waals surface area contributed by atoms with E-state index in [1.807, 2.05) is 36.4 Å². The summed E-state index contributed by atoms with van der Waals surface area (Å²) in [5.74, 6) is 0. The van der Waals surface area contributed by atoms with Crippen molar-refractivity contribution < 1.29 is 0 Å². The van der Waals surface area contributed by atoms with Gasteiger partial charge in [0.05, 0.1) is 0 Å². The van der Waals surface area contributed by atoms with Crippen LogP contribution in [0.25, 0.3) is 11.1 Å². The molecule has 0 bridgehead atoms. The van der Waals surface area contributed by atoms with Crippen LogP contribution in [0.2, 0.25) is 0 Å². The normalized spacial score (nSPS) is 9.67. The summed E-state index contributed by atoms with van der Waals surface area (Å²) in [7, 11) is 0. The van der Waals surface area contributed by atoms with E-state index >= 15 is 0 Å². The van der Waals surface area contributed by atoms with Crippen molar-refractivity contribution in [2.75, 3.05) is 0 Å². The van der Waals surface area contributed by atoms with Crippen LogP contribution in [-0.4, -0.2) is 0 Å². The zero-order valence-corrected chi connectivity index (χ0v) is 6.54. The average molecular weight is 151 g/mol. The van der Waals surface area contributed by atoms with Crippen molar-refractivity contribution in [3.05, 3.63) is 60.7 Å². The largest absolute Gasteiger partial charge is 0.0610 e. The number of benzene rings is 2. The molecule has 0 N–H and O–H groups in total.